The average Bonchev–Trinajstić information content (AvgIpc) is 2.61. The van der Waals surface area contributed by atoms with Crippen LogP contribution in [0.15, 0.2) is 18.2 Å². The van der Waals surface area contributed by atoms with Gasteiger partial charge in [-0.2, -0.15) is 0 Å². The topological polar surface area (TPSA) is 87.7 Å². The molecule has 0 atom stereocenters. The van der Waals surface area contributed by atoms with Gasteiger partial charge in [0.2, 0.25) is 5.91 Å². The summed E-state index contributed by atoms with van der Waals surface area (Å²) in [4.78, 5) is 37.8. The molecule has 3 rings (SSSR count). The number of esters is 1. The molecule has 2 aliphatic heterocycles. The molecule has 8 heteroatoms. The van der Waals surface area contributed by atoms with E-state index in [-0.39, 0.29) is 30.6 Å². The van der Waals surface area contributed by atoms with Gasteiger partial charge in [-0.3, -0.25) is 14.4 Å². The van der Waals surface area contributed by atoms with Crippen LogP contribution >= 0.6 is 11.6 Å². The molecule has 0 bridgehead atoms. The molecule has 0 radical (unpaired) electrons. The molecule has 0 unspecified atom stereocenters. The van der Waals surface area contributed by atoms with E-state index in [2.05, 4.69) is 10.6 Å². The largest absolute Gasteiger partial charge is 0.466 e. The Kier molecular flexibility index (Phi) is 5.36. The van der Waals surface area contributed by atoms with Crippen LogP contribution in [-0.4, -0.2) is 48.0 Å². The van der Waals surface area contributed by atoms with Crippen LogP contribution in [0, 0.1) is 0 Å². The van der Waals surface area contributed by atoms with Gasteiger partial charge in [-0.15, -0.1) is 0 Å². The number of nitrogens with zero attached hydrogens (tertiary/aromatic N) is 1. The highest BCUT2D eigenvalue weighted by Gasteiger charge is 2.41. The van der Waals surface area contributed by atoms with Gasteiger partial charge in [0.25, 0.3) is 5.91 Å². The van der Waals surface area contributed by atoms with Crippen LogP contribution in [0.2, 0.25) is 5.02 Å². The molecule has 2 amide bonds. The van der Waals surface area contributed by atoms with Gasteiger partial charge in [-0.1, -0.05) is 11.6 Å². The van der Waals surface area contributed by atoms with E-state index in [1.165, 1.54) is 0 Å². The summed E-state index contributed by atoms with van der Waals surface area (Å²) in [5.41, 5.74) is 0.715. The fourth-order valence-electron chi connectivity index (χ4n) is 3.38. The van der Waals surface area contributed by atoms with E-state index in [1.807, 2.05) is 0 Å². The summed E-state index contributed by atoms with van der Waals surface area (Å²) in [6.45, 7) is 3.08. The van der Waals surface area contributed by atoms with Gasteiger partial charge < -0.3 is 20.3 Å². The molecule has 2 N–H and O–H groups in total. The SMILES string of the molecule is CCOC(=O)CCC(=O)N1CCC2(CC1)NC(=O)c1cc(Cl)ccc1N2. The number of rotatable bonds is 4. The van der Waals surface area contributed by atoms with Gasteiger partial charge in [-0.25, -0.2) is 0 Å². The Labute approximate surface area is 157 Å². The molecule has 0 saturated carbocycles. The van der Waals surface area contributed by atoms with Gasteiger partial charge in [-0.05, 0) is 25.1 Å². The first-order chi connectivity index (χ1) is 12.4. The van der Waals surface area contributed by atoms with Crippen molar-refractivity contribution in [3.05, 3.63) is 28.8 Å². The molecule has 2 heterocycles. The highest BCUT2D eigenvalue weighted by molar-refractivity contribution is 6.31. The third-order valence-corrected chi connectivity index (χ3v) is 5.01. The lowest BCUT2D eigenvalue weighted by atomic mass is 9.92. The molecule has 140 valence electrons. The Morgan fingerprint density at radius 1 is 1.23 bits per heavy atom. The van der Waals surface area contributed by atoms with Crippen molar-refractivity contribution in [3.63, 3.8) is 0 Å². The fourth-order valence-corrected chi connectivity index (χ4v) is 3.55. The van der Waals surface area contributed by atoms with Gasteiger partial charge in [0.15, 0.2) is 0 Å². The zero-order valence-corrected chi connectivity index (χ0v) is 15.4. The molecule has 7 nitrogen and oxygen atoms in total. The summed E-state index contributed by atoms with van der Waals surface area (Å²) in [6.07, 6.45) is 1.42. The van der Waals surface area contributed by atoms with Crippen molar-refractivity contribution in [2.75, 3.05) is 25.0 Å². The van der Waals surface area contributed by atoms with E-state index in [1.54, 1.807) is 30.0 Å². The lowest BCUT2D eigenvalue weighted by Gasteiger charge is -2.46. The van der Waals surface area contributed by atoms with Gasteiger partial charge in [0, 0.05) is 43.1 Å². The number of fused-ring (bicyclic) bond motifs is 1. The Balaban J connectivity index is 1.58. The Bertz CT molecular complexity index is 729. The lowest BCUT2D eigenvalue weighted by molar-refractivity contribution is -0.146. The molecule has 1 fully saturated rings. The summed E-state index contributed by atoms with van der Waals surface area (Å²) in [7, 11) is 0. The monoisotopic (exact) mass is 379 g/mol. The van der Waals surface area contributed by atoms with E-state index in [4.69, 9.17) is 16.3 Å². The van der Waals surface area contributed by atoms with Crippen molar-refractivity contribution >= 4 is 35.1 Å². The van der Waals surface area contributed by atoms with Crippen LogP contribution in [0.3, 0.4) is 0 Å². The van der Waals surface area contributed by atoms with Crippen LogP contribution in [0.5, 0.6) is 0 Å². The smallest absolute Gasteiger partial charge is 0.306 e. The fraction of sp³-hybridized carbons (Fsp3) is 0.500. The molecule has 1 aromatic carbocycles. The van der Waals surface area contributed by atoms with E-state index in [0.717, 1.165) is 5.69 Å². The third-order valence-electron chi connectivity index (χ3n) is 4.77. The predicted octanol–water partition coefficient (Wildman–Crippen LogP) is 2.16. The highest BCUT2D eigenvalue weighted by atomic mass is 35.5. The molecule has 1 spiro atoms. The van der Waals surface area contributed by atoms with Crippen LogP contribution in [0.25, 0.3) is 0 Å². The lowest BCUT2D eigenvalue weighted by Crippen LogP contribution is -2.62. The first kappa shape index (κ1) is 18.5. The predicted molar refractivity (Wildman–Crippen MR) is 97.0 cm³/mol. The number of piperidine rings is 1. The second-order valence-electron chi connectivity index (χ2n) is 6.54. The maximum absolute atomic E-state index is 12.4. The van der Waals surface area contributed by atoms with Gasteiger partial charge in [0.1, 0.15) is 5.66 Å². The molecule has 0 aromatic heterocycles. The van der Waals surface area contributed by atoms with E-state index >= 15 is 0 Å². The number of likely N-dealkylation sites (tertiary alicyclic amines) is 1. The van der Waals surface area contributed by atoms with Crippen molar-refractivity contribution in [3.8, 4) is 0 Å². The average molecular weight is 380 g/mol. The summed E-state index contributed by atoms with van der Waals surface area (Å²) >= 11 is 5.96. The number of ether oxygens (including phenoxy) is 1. The minimum atomic E-state index is -0.560. The first-order valence-corrected chi connectivity index (χ1v) is 9.14. The van der Waals surface area contributed by atoms with Crippen molar-refractivity contribution in [1.82, 2.24) is 10.2 Å². The van der Waals surface area contributed by atoms with Crippen molar-refractivity contribution in [2.24, 2.45) is 0 Å². The number of anilines is 1. The number of halogens is 1. The maximum Gasteiger partial charge on any atom is 0.306 e. The number of hydrogen-bond acceptors (Lipinski definition) is 5. The number of carbonyl (C=O) groups is 3. The highest BCUT2D eigenvalue weighted by Crippen LogP contribution is 2.32. The van der Waals surface area contributed by atoms with Crippen molar-refractivity contribution in [2.45, 2.75) is 38.3 Å². The van der Waals surface area contributed by atoms with Crippen molar-refractivity contribution in [1.29, 1.82) is 0 Å². The molecule has 1 aromatic rings. The minimum Gasteiger partial charge on any atom is -0.466 e. The standard InChI is InChI=1S/C18H22ClN3O4/c1-2-26-16(24)6-5-15(23)22-9-7-18(8-10-22)20-14-4-3-12(19)11-13(14)17(25)21-18/h3-4,11,20H,2,5-10H2,1H3,(H,21,25). The number of nitrogens with one attached hydrogen (secondary N) is 2. The molecule has 1 saturated heterocycles. The molecular formula is C18H22ClN3O4. The zero-order valence-electron chi connectivity index (χ0n) is 14.6. The van der Waals surface area contributed by atoms with E-state index < -0.39 is 5.66 Å². The van der Waals surface area contributed by atoms with E-state index in [0.29, 0.717) is 43.1 Å². The summed E-state index contributed by atoms with van der Waals surface area (Å²) in [6, 6.07) is 5.18. The first-order valence-electron chi connectivity index (χ1n) is 8.76. The van der Waals surface area contributed by atoms with Gasteiger partial charge >= 0.3 is 5.97 Å². The van der Waals surface area contributed by atoms with Crippen LogP contribution in [0.4, 0.5) is 5.69 Å². The number of hydrogen-bond donors (Lipinski definition) is 2. The number of benzene rings is 1. The summed E-state index contributed by atoms with van der Waals surface area (Å²) < 4.78 is 4.85. The molecule has 26 heavy (non-hydrogen) atoms. The van der Waals surface area contributed by atoms with Crippen molar-refractivity contribution < 1.29 is 19.1 Å². The molecular weight excluding hydrogens is 358 g/mol. The molecule has 2 aliphatic rings. The summed E-state index contributed by atoms with van der Waals surface area (Å²) in [5.74, 6) is -0.587. The quantitative estimate of drug-likeness (QED) is 0.783. The Hall–Kier alpha value is -2.28. The third kappa shape index (κ3) is 3.93. The van der Waals surface area contributed by atoms with Crippen LogP contribution in [0.1, 0.15) is 43.0 Å². The normalized spacial score (nSPS) is 17.9. The second kappa shape index (κ2) is 7.53. The molecule has 0 aliphatic carbocycles. The van der Waals surface area contributed by atoms with Crippen LogP contribution < -0.4 is 10.6 Å². The van der Waals surface area contributed by atoms with Gasteiger partial charge in [0.05, 0.1) is 18.6 Å². The zero-order chi connectivity index (χ0) is 18.7. The summed E-state index contributed by atoms with van der Waals surface area (Å²) in [5, 5.41) is 6.93. The number of carbonyl (C=O) groups excluding carboxylic acids is 3. The van der Waals surface area contributed by atoms with E-state index in [9.17, 15) is 14.4 Å². The number of amides is 2. The Morgan fingerprint density at radius 3 is 2.65 bits per heavy atom. The minimum absolute atomic E-state index is 0.0674. The Morgan fingerprint density at radius 2 is 1.96 bits per heavy atom. The van der Waals surface area contributed by atoms with Crippen LogP contribution in [-0.2, 0) is 14.3 Å². The second-order valence-corrected chi connectivity index (χ2v) is 6.97. The maximum atomic E-state index is 12.4.